The van der Waals surface area contributed by atoms with Crippen LogP contribution in [0.25, 0.3) is 0 Å². The van der Waals surface area contributed by atoms with Gasteiger partial charge in [-0.2, -0.15) is 22.3 Å². The highest BCUT2D eigenvalue weighted by molar-refractivity contribution is 7.99. The predicted octanol–water partition coefficient (Wildman–Crippen LogP) is 1.40. The van der Waals surface area contributed by atoms with E-state index in [0.29, 0.717) is 11.3 Å². The third kappa shape index (κ3) is 2.40. The van der Waals surface area contributed by atoms with E-state index in [1.807, 2.05) is 23.9 Å². The molecule has 1 aliphatic carbocycles. The lowest BCUT2D eigenvalue weighted by Gasteiger charge is -2.35. The van der Waals surface area contributed by atoms with Crippen LogP contribution in [-0.4, -0.2) is 17.5 Å². The minimum absolute atomic E-state index is 0.145. The van der Waals surface area contributed by atoms with Crippen LogP contribution in [0.1, 0.15) is 12.8 Å². The largest absolute Gasteiger partial charge is 0.385 e. The third-order valence-electron chi connectivity index (χ3n) is 2.20. The molecule has 1 aliphatic rings. The van der Waals surface area contributed by atoms with Gasteiger partial charge in [0.25, 0.3) is 0 Å². The van der Waals surface area contributed by atoms with Gasteiger partial charge in [-0.3, -0.25) is 0 Å². The molecule has 0 bridgehead atoms. The molecule has 0 aromatic rings. The fraction of sp³-hybridized carbons (Fsp3) is 0.556. The summed E-state index contributed by atoms with van der Waals surface area (Å²) in [4.78, 5) is 0. The van der Waals surface area contributed by atoms with Crippen LogP contribution in [0.2, 0.25) is 0 Å². The Bertz CT molecular complexity index is 266. The van der Waals surface area contributed by atoms with Crippen molar-refractivity contribution in [1.29, 1.82) is 10.5 Å². The zero-order valence-electron chi connectivity index (χ0n) is 7.45. The van der Waals surface area contributed by atoms with E-state index in [1.165, 1.54) is 12.6 Å². The van der Waals surface area contributed by atoms with Gasteiger partial charge in [0.1, 0.15) is 17.7 Å². The summed E-state index contributed by atoms with van der Waals surface area (Å²) >= 11 is 1.83. The van der Waals surface area contributed by atoms with Crippen molar-refractivity contribution < 1.29 is 0 Å². The number of hydrogen-bond acceptors (Lipinski definition) is 4. The molecule has 3 nitrogen and oxygen atoms in total. The summed E-state index contributed by atoms with van der Waals surface area (Å²) < 4.78 is 0. The van der Waals surface area contributed by atoms with E-state index in [4.69, 9.17) is 10.5 Å². The van der Waals surface area contributed by atoms with Crippen LogP contribution in [0, 0.1) is 22.7 Å². The maximum atomic E-state index is 8.47. The van der Waals surface area contributed by atoms with Crippen LogP contribution in [0.4, 0.5) is 0 Å². The zero-order valence-corrected chi connectivity index (χ0v) is 8.27. The summed E-state index contributed by atoms with van der Waals surface area (Å²) in [7, 11) is 0. The number of nitriles is 2. The molecule has 0 aliphatic heterocycles. The van der Waals surface area contributed by atoms with Gasteiger partial charge in [0, 0.05) is 17.5 Å². The monoisotopic (exact) mass is 193 g/mol. The van der Waals surface area contributed by atoms with Crippen LogP contribution < -0.4 is 5.32 Å². The van der Waals surface area contributed by atoms with Crippen molar-refractivity contribution in [1.82, 2.24) is 5.32 Å². The van der Waals surface area contributed by atoms with E-state index in [9.17, 15) is 0 Å². The van der Waals surface area contributed by atoms with Crippen LogP contribution in [0.3, 0.4) is 0 Å². The standard InChI is InChI=1S/C9H11N3S/c1-13-9-3-2-8(9)12-6-7(4-10)5-11/h6,8-9,12H,2-3H2,1H3. The highest BCUT2D eigenvalue weighted by Crippen LogP contribution is 2.30. The Balaban J connectivity index is 2.39. The molecule has 0 aromatic carbocycles. The number of thioether (sulfide) groups is 1. The van der Waals surface area contributed by atoms with Crippen molar-refractivity contribution >= 4 is 11.8 Å². The molecule has 4 heteroatoms. The number of allylic oxidation sites excluding steroid dienone is 1. The molecular weight excluding hydrogens is 182 g/mol. The van der Waals surface area contributed by atoms with Gasteiger partial charge in [-0.1, -0.05) is 0 Å². The average Bonchev–Trinajstić information content (AvgIpc) is 2.11. The van der Waals surface area contributed by atoms with E-state index in [-0.39, 0.29) is 5.57 Å². The number of hydrogen-bond donors (Lipinski definition) is 1. The van der Waals surface area contributed by atoms with Gasteiger partial charge >= 0.3 is 0 Å². The molecule has 0 radical (unpaired) electrons. The first-order chi connectivity index (χ1) is 6.31. The van der Waals surface area contributed by atoms with Crippen LogP contribution in [0.5, 0.6) is 0 Å². The second-order valence-corrected chi connectivity index (χ2v) is 3.98. The Labute approximate surface area is 82.4 Å². The molecule has 0 heterocycles. The summed E-state index contributed by atoms with van der Waals surface area (Å²) in [6.45, 7) is 0. The summed E-state index contributed by atoms with van der Waals surface area (Å²) in [5.74, 6) is 0. The van der Waals surface area contributed by atoms with E-state index >= 15 is 0 Å². The van der Waals surface area contributed by atoms with Gasteiger partial charge < -0.3 is 5.32 Å². The van der Waals surface area contributed by atoms with Crippen LogP contribution >= 0.6 is 11.8 Å². The maximum absolute atomic E-state index is 8.47. The second kappa shape index (κ2) is 4.79. The molecule has 0 amide bonds. The Morgan fingerprint density at radius 2 is 2.15 bits per heavy atom. The molecule has 13 heavy (non-hydrogen) atoms. The van der Waals surface area contributed by atoms with Crippen molar-refractivity contribution in [3.8, 4) is 12.1 Å². The fourth-order valence-corrected chi connectivity index (χ4v) is 2.14. The highest BCUT2D eigenvalue weighted by Gasteiger charge is 2.28. The number of rotatable bonds is 3. The van der Waals surface area contributed by atoms with Crippen molar-refractivity contribution in [3.05, 3.63) is 11.8 Å². The zero-order chi connectivity index (χ0) is 9.68. The molecule has 1 N–H and O–H groups in total. The summed E-state index contributed by atoms with van der Waals surface area (Å²) in [6.07, 6.45) is 5.96. The highest BCUT2D eigenvalue weighted by atomic mass is 32.2. The Morgan fingerprint density at radius 1 is 1.46 bits per heavy atom. The summed E-state index contributed by atoms with van der Waals surface area (Å²) in [5, 5.41) is 20.7. The molecule has 0 saturated heterocycles. The molecule has 2 unspecified atom stereocenters. The minimum Gasteiger partial charge on any atom is -0.385 e. The van der Waals surface area contributed by atoms with E-state index < -0.39 is 0 Å². The van der Waals surface area contributed by atoms with Crippen molar-refractivity contribution in [2.75, 3.05) is 6.26 Å². The lowest BCUT2D eigenvalue weighted by atomic mass is 9.92. The maximum Gasteiger partial charge on any atom is 0.145 e. The molecule has 0 aromatic heterocycles. The molecule has 68 valence electrons. The Kier molecular flexibility index (Phi) is 3.67. The predicted molar refractivity (Wildman–Crippen MR) is 52.8 cm³/mol. The Hall–Kier alpha value is -1.13. The van der Waals surface area contributed by atoms with Crippen molar-refractivity contribution in [3.63, 3.8) is 0 Å². The molecule has 1 rings (SSSR count). The molecule has 2 atom stereocenters. The van der Waals surface area contributed by atoms with Gasteiger partial charge in [0.2, 0.25) is 0 Å². The average molecular weight is 193 g/mol. The first-order valence-electron chi connectivity index (χ1n) is 4.11. The van der Waals surface area contributed by atoms with Gasteiger partial charge in [0.15, 0.2) is 0 Å². The quantitative estimate of drug-likeness (QED) is 0.688. The molecule has 1 saturated carbocycles. The first-order valence-corrected chi connectivity index (χ1v) is 5.39. The third-order valence-corrected chi connectivity index (χ3v) is 3.37. The SMILES string of the molecule is CSC1CCC1NC=C(C#N)C#N. The lowest BCUT2D eigenvalue weighted by molar-refractivity contribution is 0.388. The molecule has 1 fully saturated rings. The van der Waals surface area contributed by atoms with Crippen LogP contribution in [0.15, 0.2) is 11.8 Å². The number of nitrogens with one attached hydrogen (secondary N) is 1. The first kappa shape index (κ1) is 9.95. The van der Waals surface area contributed by atoms with E-state index in [1.54, 1.807) is 0 Å². The summed E-state index contributed by atoms with van der Waals surface area (Å²) in [5.41, 5.74) is 0.145. The lowest BCUT2D eigenvalue weighted by Crippen LogP contribution is -2.43. The van der Waals surface area contributed by atoms with E-state index in [2.05, 4.69) is 11.6 Å². The normalized spacial score (nSPS) is 24.8. The van der Waals surface area contributed by atoms with Crippen molar-refractivity contribution in [2.24, 2.45) is 0 Å². The van der Waals surface area contributed by atoms with Crippen LogP contribution in [-0.2, 0) is 0 Å². The Morgan fingerprint density at radius 3 is 2.54 bits per heavy atom. The van der Waals surface area contributed by atoms with Gasteiger partial charge in [-0.25, -0.2) is 0 Å². The number of nitrogens with zero attached hydrogens (tertiary/aromatic N) is 2. The molecular formula is C9H11N3S. The van der Waals surface area contributed by atoms with Gasteiger partial charge in [-0.15, -0.1) is 0 Å². The van der Waals surface area contributed by atoms with Gasteiger partial charge in [-0.05, 0) is 19.1 Å². The molecule has 0 spiro atoms. The minimum atomic E-state index is 0.145. The van der Waals surface area contributed by atoms with Crippen molar-refractivity contribution in [2.45, 2.75) is 24.1 Å². The van der Waals surface area contributed by atoms with Gasteiger partial charge in [0.05, 0.1) is 0 Å². The van der Waals surface area contributed by atoms with E-state index in [0.717, 1.165) is 6.42 Å². The fourth-order valence-electron chi connectivity index (χ4n) is 1.22. The topological polar surface area (TPSA) is 59.6 Å². The smallest absolute Gasteiger partial charge is 0.145 e. The summed E-state index contributed by atoms with van der Waals surface area (Å²) in [6, 6.07) is 4.07. The second-order valence-electron chi connectivity index (χ2n) is 2.91.